The number of fused-ring (bicyclic) bond motifs is 1. The lowest BCUT2D eigenvalue weighted by molar-refractivity contribution is -0.128. The van der Waals surface area contributed by atoms with E-state index in [4.69, 9.17) is 20.4 Å². The molecule has 5 rings (SSSR count). The molecule has 0 spiro atoms. The average molecular weight is 498 g/mol. The summed E-state index contributed by atoms with van der Waals surface area (Å²) in [6.45, 7) is 8.50. The van der Waals surface area contributed by atoms with E-state index in [0.29, 0.717) is 31.1 Å². The van der Waals surface area contributed by atoms with Gasteiger partial charge >= 0.3 is 0 Å². The molecular weight excluding hydrogens is 462 g/mol. The highest BCUT2D eigenvalue weighted by Crippen LogP contribution is 2.30. The van der Waals surface area contributed by atoms with Crippen LogP contribution in [0.25, 0.3) is 27.7 Å². The Morgan fingerprint density at radius 2 is 1.95 bits per heavy atom. The average Bonchev–Trinajstić information content (AvgIpc) is 2.92. The Morgan fingerprint density at radius 3 is 2.65 bits per heavy atom. The number of amides is 1. The zero-order chi connectivity index (χ0) is 25.9. The van der Waals surface area contributed by atoms with Crippen molar-refractivity contribution in [2.24, 2.45) is 10.7 Å². The summed E-state index contributed by atoms with van der Waals surface area (Å²) in [5.74, 6) is 0.438. The zero-order valence-corrected chi connectivity index (χ0v) is 21.9. The first kappa shape index (κ1) is 25.1. The molecule has 2 N–H and O–H groups in total. The summed E-state index contributed by atoms with van der Waals surface area (Å²) in [5, 5.41) is 2.04. The third-order valence-electron chi connectivity index (χ3n) is 7.34. The van der Waals surface area contributed by atoms with Crippen molar-refractivity contribution in [2.45, 2.75) is 52.0 Å². The first-order chi connectivity index (χ1) is 17.9. The molecule has 0 aliphatic carbocycles. The van der Waals surface area contributed by atoms with Crippen molar-refractivity contribution >= 4 is 28.1 Å². The molecule has 3 aromatic rings. The Morgan fingerprint density at radius 1 is 1.14 bits per heavy atom. The summed E-state index contributed by atoms with van der Waals surface area (Å²) in [5.41, 5.74) is 13.4. The Balaban J connectivity index is 1.54. The van der Waals surface area contributed by atoms with Crippen LogP contribution in [0.2, 0.25) is 0 Å². The number of pyridine rings is 2. The van der Waals surface area contributed by atoms with Crippen LogP contribution in [0.1, 0.15) is 57.2 Å². The van der Waals surface area contributed by atoms with Gasteiger partial charge in [0, 0.05) is 91.2 Å². The monoisotopic (exact) mass is 497 g/mol. The van der Waals surface area contributed by atoms with Crippen LogP contribution < -0.4 is 5.73 Å². The fraction of sp³-hybridized carbons (Fsp3) is 0.400. The van der Waals surface area contributed by atoms with Gasteiger partial charge in [-0.25, -0.2) is 0 Å². The van der Waals surface area contributed by atoms with Gasteiger partial charge in [0.2, 0.25) is 5.91 Å². The van der Waals surface area contributed by atoms with Crippen LogP contribution in [0.3, 0.4) is 0 Å². The van der Waals surface area contributed by atoms with E-state index in [1.54, 1.807) is 6.92 Å². The number of ether oxygens (including phenoxy) is 1. The van der Waals surface area contributed by atoms with Crippen molar-refractivity contribution in [1.29, 1.82) is 0 Å². The second kappa shape index (κ2) is 10.8. The van der Waals surface area contributed by atoms with Crippen LogP contribution in [0.15, 0.2) is 59.4 Å². The van der Waals surface area contributed by atoms with Gasteiger partial charge in [-0.3, -0.25) is 19.8 Å². The molecule has 1 amide bonds. The lowest BCUT2D eigenvalue weighted by Crippen LogP contribution is -2.40. The van der Waals surface area contributed by atoms with Gasteiger partial charge in [-0.15, -0.1) is 0 Å². The minimum atomic E-state index is 0.0525. The maximum Gasteiger partial charge on any atom is 0.219 e. The van der Waals surface area contributed by atoms with Crippen LogP contribution in [0.4, 0.5) is 0 Å². The predicted octanol–water partition coefficient (Wildman–Crippen LogP) is 4.96. The first-order valence-corrected chi connectivity index (χ1v) is 13.1. The maximum absolute atomic E-state index is 12.2. The molecule has 7 heteroatoms. The van der Waals surface area contributed by atoms with Gasteiger partial charge in [0.15, 0.2) is 0 Å². The molecule has 1 aromatic carbocycles. The van der Waals surface area contributed by atoms with E-state index in [1.165, 1.54) is 0 Å². The third kappa shape index (κ3) is 5.42. The number of carbonyl (C=O) groups is 1. The third-order valence-corrected chi connectivity index (χ3v) is 7.34. The van der Waals surface area contributed by atoms with Crippen LogP contribution in [-0.2, 0) is 9.53 Å². The molecule has 0 atom stereocenters. The molecule has 0 unspecified atom stereocenters. The minimum Gasteiger partial charge on any atom is -0.398 e. The number of benzene rings is 1. The lowest BCUT2D eigenvalue weighted by atomic mass is 9.93. The Labute approximate surface area is 218 Å². The second-order valence-electron chi connectivity index (χ2n) is 10.2. The fourth-order valence-electron chi connectivity index (χ4n) is 5.06. The van der Waals surface area contributed by atoms with E-state index in [-0.39, 0.29) is 11.9 Å². The van der Waals surface area contributed by atoms with Gasteiger partial charge in [0.05, 0.1) is 11.7 Å². The van der Waals surface area contributed by atoms with Crippen molar-refractivity contribution in [3.63, 3.8) is 0 Å². The Hall–Kier alpha value is -3.58. The summed E-state index contributed by atoms with van der Waals surface area (Å²) < 4.78 is 5.52. The normalized spacial score (nSPS) is 19.6. The van der Waals surface area contributed by atoms with Crippen molar-refractivity contribution < 1.29 is 9.53 Å². The summed E-state index contributed by atoms with van der Waals surface area (Å²) in [6, 6.07) is 12.6. The minimum absolute atomic E-state index is 0.0525. The van der Waals surface area contributed by atoms with Gasteiger partial charge in [-0.1, -0.05) is 32.0 Å². The quantitative estimate of drug-likeness (QED) is 0.550. The molecule has 0 radical (unpaired) electrons. The summed E-state index contributed by atoms with van der Waals surface area (Å²) in [4.78, 5) is 28.6. The van der Waals surface area contributed by atoms with E-state index in [2.05, 4.69) is 43.1 Å². The van der Waals surface area contributed by atoms with E-state index in [1.807, 2.05) is 29.4 Å². The Kier molecular flexibility index (Phi) is 7.33. The summed E-state index contributed by atoms with van der Waals surface area (Å²) in [6.07, 6.45) is 6.33. The van der Waals surface area contributed by atoms with Crippen LogP contribution in [0, 0.1) is 0 Å². The van der Waals surface area contributed by atoms with Crippen molar-refractivity contribution in [3.8, 4) is 11.3 Å². The molecule has 2 fully saturated rings. The molecule has 2 aliphatic heterocycles. The van der Waals surface area contributed by atoms with Crippen LogP contribution in [-0.4, -0.2) is 58.8 Å². The number of nitrogens with zero attached hydrogens (tertiary/aromatic N) is 4. The van der Waals surface area contributed by atoms with E-state index >= 15 is 0 Å². The molecule has 0 saturated carbocycles. The fourth-order valence-corrected chi connectivity index (χ4v) is 5.06. The molecule has 2 aromatic heterocycles. The first-order valence-electron chi connectivity index (χ1n) is 13.1. The highest BCUT2D eigenvalue weighted by atomic mass is 16.5. The number of aliphatic imine (C=N–C) groups is 1. The van der Waals surface area contributed by atoms with Crippen molar-refractivity contribution in [3.05, 3.63) is 65.6 Å². The molecule has 4 heterocycles. The van der Waals surface area contributed by atoms with Crippen LogP contribution >= 0.6 is 0 Å². The molecule has 2 saturated heterocycles. The second-order valence-corrected chi connectivity index (χ2v) is 10.2. The lowest BCUT2D eigenvalue weighted by Gasteiger charge is -2.31. The summed E-state index contributed by atoms with van der Waals surface area (Å²) in [7, 11) is 0. The number of nitrogens with two attached hydrogens (primary N) is 1. The number of carbonyl (C=O) groups excluding carboxylic acids is 1. The van der Waals surface area contributed by atoms with Gasteiger partial charge in [0.1, 0.15) is 0 Å². The number of piperidine rings is 1. The van der Waals surface area contributed by atoms with Gasteiger partial charge in [-0.2, -0.15) is 0 Å². The van der Waals surface area contributed by atoms with Crippen molar-refractivity contribution in [2.75, 3.05) is 26.3 Å². The van der Waals surface area contributed by atoms with E-state index < -0.39 is 0 Å². The van der Waals surface area contributed by atoms with E-state index in [9.17, 15) is 4.79 Å². The maximum atomic E-state index is 12.2. The molecule has 0 bridgehead atoms. The molecular formula is C30H35N5O2. The zero-order valence-electron chi connectivity index (χ0n) is 21.9. The molecule has 7 nitrogen and oxygen atoms in total. The standard InChI is InChI=1S/C30H35N5O2/c1-19(2)27-8-7-22(16-32-27)29-15-21-5-4-6-24(25(21)17-33-29)30(31)26-18-35(20(3)36)12-9-28(26)34-23-10-13-37-14-11-23/h4-8,15-17,19,23H,9-14,18,31H2,1-3H3/b30-26-,34-28?. The highest BCUT2D eigenvalue weighted by Gasteiger charge is 2.26. The SMILES string of the molecule is CC(=O)N1CCC(=NC2CCOCC2)/C(=C(\N)c2cccc3cc(-c4ccc(C(C)C)nc4)ncc23)C1. The Bertz CT molecular complexity index is 1350. The summed E-state index contributed by atoms with van der Waals surface area (Å²) >= 11 is 0. The largest absolute Gasteiger partial charge is 0.398 e. The number of aromatic nitrogens is 2. The molecule has 192 valence electrons. The van der Waals surface area contributed by atoms with Gasteiger partial charge in [-0.05, 0) is 42.3 Å². The molecule has 2 aliphatic rings. The molecule has 37 heavy (non-hydrogen) atoms. The topological polar surface area (TPSA) is 93.7 Å². The smallest absolute Gasteiger partial charge is 0.219 e. The number of likely N-dealkylation sites (tertiary alicyclic amines) is 1. The number of hydrogen-bond acceptors (Lipinski definition) is 6. The van der Waals surface area contributed by atoms with E-state index in [0.717, 1.165) is 70.6 Å². The highest BCUT2D eigenvalue weighted by molar-refractivity contribution is 6.10. The number of rotatable bonds is 4. The van der Waals surface area contributed by atoms with Crippen LogP contribution in [0.5, 0.6) is 0 Å². The number of hydrogen-bond donors (Lipinski definition) is 1. The van der Waals surface area contributed by atoms with Gasteiger partial charge in [0.25, 0.3) is 0 Å². The van der Waals surface area contributed by atoms with Gasteiger partial charge < -0.3 is 15.4 Å². The predicted molar refractivity (Wildman–Crippen MR) is 148 cm³/mol. The van der Waals surface area contributed by atoms with Crippen molar-refractivity contribution in [1.82, 2.24) is 14.9 Å².